The van der Waals surface area contributed by atoms with E-state index in [1.165, 1.54) is 14.2 Å². The minimum atomic E-state index is -0.563. The first-order chi connectivity index (χ1) is 4.26. The van der Waals surface area contributed by atoms with Crippen molar-refractivity contribution in [1.29, 1.82) is 0 Å². The predicted molar refractivity (Wildman–Crippen MR) is 34.9 cm³/mol. The van der Waals surface area contributed by atoms with Crippen LogP contribution in [0.15, 0.2) is 9.98 Å². The number of hydrogen-bond donors (Lipinski definition) is 0. The highest BCUT2D eigenvalue weighted by molar-refractivity contribution is 6.36. The number of nitrogens with zero attached hydrogens (tertiary/aromatic N) is 2. The first-order valence-electron chi connectivity index (χ1n) is 2.28. The van der Waals surface area contributed by atoms with Gasteiger partial charge >= 0.3 is 5.97 Å². The molecule has 0 unspecified atom stereocenters. The Bertz CT molecular complexity index is 151. The standard InChI is InChI=1S/C5H8N2O2/c1-6-4(7-2)5(8)9-3/h1H2,2-3H3. The van der Waals surface area contributed by atoms with Gasteiger partial charge in [0.15, 0.2) is 0 Å². The number of esters is 1. The van der Waals surface area contributed by atoms with E-state index in [1.54, 1.807) is 0 Å². The molecule has 0 spiro atoms. The van der Waals surface area contributed by atoms with Crippen LogP contribution in [-0.4, -0.2) is 32.7 Å². The largest absolute Gasteiger partial charge is 0.463 e. The van der Waals surface area contributed by atoms with Gasteiger partial charge in [0.2, 0.25) is 5.84 Å². The number of aliphatic imine (C=N–C) groups is 2. The highest BCUT2D eigenvalue weighted by atomic mass is 16.5. The van der Waals surface area contributed by atoms with Gasteiger partial charge in [-0.05, 0) is 6.72 Å². The van der Waals surface area contributed by atoms with Crippen LogP contribution in [0.1, 0.15) is 0 Å². The van der Waals surface area contributed by atoms with Gasteiger partial charge in [-0.15, -0.1) is 0 Å². The molecule has 0 saturated carbocycles. The second kappa shape index (κ2) is 3.77. The number of methoxy groups -OCH3 is 1. The highest BCUT2D eigenvalue weighted by Gasteiger charge is 2.05. The van der Waals surface area contributed by atoms with Crippen molar-refractivity contribution in [3.05, 3.63) is 0 Å². The van der Waals surface area contributed by atoms with Crippen LogP contribution in [0.2, 0.25) is 0 Å². The van der Waals surface area contributed by atoms with Gasteiger partial charge in [-0.1, -0.05) is 0 Å². The zero-order chi connectivity index (χ0) is 7.28. The predicted octanol–water partition coefficient (Wildman–Crippen LogP) is -0.112. The number of ether oxygens (including phenoxy) is 1. The molecule has 0 aromatic carbocycles. The summed E-state index contributed by atoms with van der Waals surface area (Å²) in [5.74, 6) is -0.565. The van der Waals surface area contributed by atoms with E-state index in [2.05, 4.69) is 21.4 Å². The molecular weight excluding hydrogens is 120 g/mol. The van der Waals surface area contributed by atoms with Gasteiger partial charge < -0.3 is 4.74 Å². The van der Waals surface area contributed by atoms with Gasteiger partial charge in [0.05, 0.1) is 7.11 Å². The van der Waals surface area contributed by atoms with E-state index in [-0.39, 0.29) is 5.84 Å². The summed E-state index contributed by atoms with van der Waals surface area (Å²) in [6.45, 7) is 3.12. The lowest BCUT2D eigenvalue weighted by molar-refractivity contribution is -0.132. The van der Waals surface area contributed by atoms with E-state index in [9.17, 15) is 4.79 Å². The molecule has 0 aliphatic heterocycles. The first-order valence-corrected chi connectivity index (χ1v) is 2.28. The number of carbonyl (C=O) groups excluding carboxylic acids is 1. The summed E-state index contributed by atoms with van der Waals surface area (Å²) in [5.41, 5.74) is 0. The van der Waals surface area contributed by atoms with Crippen molar-refractivity contribution in [1.82, 2.24) is 0 Å². The van der Waals surface area contributed by atoms with Crippen LogP contribution in [0.25, 0.3) is 0 Å². The Kier molecular flexibility index (Phi) is 3.27. The number of hydrogen-bond acceptors (Lipinski definition) is 3. The zero-order valence-electron chi connectivity index (χ0n) is 5.42. The number of rotatable bonds is 0. The molecule has 0 radical (unpaired) electrons. The molecule has 0 atom stereocenters. The van der Waals surface area contributed by atoms with Crippen LogP contribution in [0.4, 0.5) is 0 Å². The molecule has 4 heteroatoms. The van der Waals surface area contributed by atoms with Gasteiger partial charge in [0.1, 0.15) is 0 Å². The maximum atomic E-state index is 10.5. The highest BCUT2D eigenvalue weighted by Crippen LogP contribution is 1.81. The van der Waals surface area contributed by atoms with Crippen LogP contribution in [0.5, 0.6) is 0 Å². The SMILES string of the molecule is C=NC(=NC)C(=O)OC. The topological polar surface area (TPSA) is 51.0 Å². The van der Waals surface area contributed by atoms with Crippen LogP contribution >= 0.6 is 0 Å². The lowest BCUT2D eigenvalue weighted by Crippen LogP contribution is -2.12. The lowest BCUT2D eigenvalue weighted by atomic mass is 10.6. The molecule has 0 fully saturated rings. The molecule has 0 amide bonds. The van der Waals surface area contributed by atoms with E-state index in [0.717, 1.165) is 0 Å². The zero-order valence-corrected chi connectivity index (χ0v) is 5.42. The third kappa shape index (κ3) is 2.03. The Balaban J connectivity index is 4.14. The Morgan fingerprint density at radius 2 is 2.22 bits per heavy atom. The van der Waals surface area contributed by atoms with Crippen molar-refractivity contribution in [2.75, 3.05) is 14.2 Å². The van der Waals surface area contributed by atoms with Crippen molar-refractivity contribution >= 4 is 18.5 Å². The molecule has 0 aromatic rings. The third-order valence-corrected chi connectivity index (χ3v) is 0.730. The van der Waals surface area contributed by atoms with Crippen molar-refractivity contribution in [2.45, 2.75) is 0 Å². The maximum Gasteiger partial charge on any atom is 0.375 e. The molecule has 50 valence electrons. The minimum absolute atomic E-state index is 0.00231. The Labute approximate surface area is 53.3 Å². The van der Waals surface area contributed by atoms with E-state index < -0.39 is 5.97 Å². The Morgan fingerprint density at radius 3 is 2.33 bits per heavy atom. The second-order valence-electron chi connectivity index (χ2n) is 1.20. The number of amidine groups is 1. The molecule has 0 aromatic heterocycles. The molecule has 0 heterocycles. The molecule has 4 nitrogen and oxygen atoms in total. The molecule has 0 bridgehead atoms. The summed E-state index contributed by atoms with van der Waals surface area (Å²) in [4.78, 5) is 17.3. The molecule has 0 rings (SSSR count). The molecule has 0 saturated heterocycles. The fourth-order valence-corrected chi connectivity index (χ4v) is 0.318. The van der Waals surface area contributed by atoms with E-state index in [1.807, 2.05) is 0 Å². The fraction of sp³-hybridized carbons (Fsp3) is 0.400. The Hall–Kier alpha value is -1.19. The second-order valence-corrected chi connectivity index (χ2v) is 1.20. The Morgan fingerprint density at radius 1 is 1.67 bits per heavy atom. The average Bonchev–Trinajstić information content (AvgIpc) is 1.90. The fourth-order valence-electron chi connectivity index (χ4n) is 0.318. The van der Waals surface area contributed by atoms with Crippen molar-refractivity contribution in [3.63, 3.8) is 0 Å². The molecule has 0 N–H and O–H groups in total. The van der Waals surface area contributed by atoms with Crippen LogP contribution in [-0.2, 0) is 9.53 Å². The summed E-state index contributed by atoms with van der Waals surface area (Å²) < 4.78 is 4.29. The molecule has 0 aliphatic rings. The summed E-state index contributed by atoms with van der Waals surface area (Å²) >= 11 is 0. The van der Waals surface area contributed by atoms with Gasteiger partial charge in [-0.25, -0.2) is 9.79 Å². The van der Waals surface area contributed by atoms with E-state index >= 15 is 0 Å². The van der Waals surface area contributed by atoms with Crippen molar-refractivity contribution in [2.24, 2.45) is 9.98 Å². The van der Waals surface area contributed by atoms with Crippen molar-refractivity contribution in [3.8, 4) is 0 Å². The molecular formula is C5H8N2O2. The van der Waals surface area contributed by atoms with Crippen LogP contribution in [0, 0.1) is 0 Å². The first kappa shape index (κ1) is 7.81. The van der Waals surface area contributed by atoms with Gasteiger partial charge in [-0.3, -0.25) is 4.99 Å². The normalized spacial score (nSPS) is 10.7. The third-order valence-electron chi connectivity index (χ3n) is 0.730. The molecule has 9 heavy (non-hydrogen) atoms. The average molecular weight is 128 g/mol. The van der Waals surface area contributed by atoms with Gasteiger partial charge in [0.25, 0.3) is 0 Å². The summed E-state index contributed by atoms with van der Waals surface area (Å²) in [7, 11) is 2.71. The van der Waals surface area contributed by atoms with Crippen molar-refractivity contribution < 1.29 is 9.53 Å². The lowest BCUT2D eigenvalue weighted by Gasteiger charge is -1.93. The quantitative estimate of drug-likeness (QED) is 0.259. The number of carbonyl (C=O) groups is 1. The van der Waals surface area contributed by atoms with Crippen LogP contribution in [0.3, 0.4) is 0 Å². The van der Waals surface area contributed by atoms with Crippen LogP contribution < -0.4 is 0 Å². The van der Waals surface area contributed by atoms with E-state index in [0.29, 0.717) is 0 Å². The summed E-state index contributed by atoms with van der Waals surface area (Å²) in [6, 6.07) is 0. The van der Waals surface area contributed by atoms with Gasteiger partial charge in [0, 0.05) is 7.05 Å². The molecule has 0 aliphatic carbocycles. The maximum absolute atomic E-state index is 10.5. The minimum Gasteiger partial charge on any atom is -0.463 e. The summed E-state index contributed by atoms with van der Waals surface area (Å²) in [5, 5.41) is 0. The van der Waals surface area contributed by atoms with E-state index in [4.69, 9.17) is 0 Å². The van der Waals surface area contributed by atoms with Gasteiger partial charge in [-0.2, -0.15) is 0 Å². The summed E-state index contributed by atoms with van der Waals surface area (Å²) in [6.07, 6.45) is 0. The monoisotopic (exact) mass is 128 g/mol. The smallest absolute Gasteiger partial charge is 0.375 e.